The van der Waals surface area contributed by atoms with Crippen LogP contribution in [0.5, 0.6) is 0 Å². The molecule has 0 unspecified atom stereocenters. The van der Waals surface area contributed by atoms with Crippen LogP contribution in [0.4, 0.5) is 0 Å². The van der Waals surface area contributed by atoms with Gasteiger partial charge in [0.05, 0.1) is 13.2 Å². The van der Waals surface area contributed by atoms with Gasteiger partial charge in [-0.3, -0.25) is 0 Å². The Kier molecular flexibility index (Phi) is 4.60. The Morgan fingerprint density at radius 3 is 2.43 bits per heavy atom. The molecule has 0 atom stereocenters. The zero-order valence-electron chi connectivity index (χ0n) is 14.7. The monoisotopic (exact) mass is 313 g/mol. The van der Waals surface area contributed by atoms with Crippen LogP contribution >= 0.6 is 0 Å². The number of benzene rings is 1. The Labute approximate surface area is 138 Å². The Bertz CT molecular complexity index is 721. The lowest BCUT2D eigenvalue weighted by molar-refractivity contribution is -0.159. The first kappa shape index (κ1) is 16.3. The Morgan fingerprint density at radius 2 is 1.78 bits per heavy atom. The standard InChI is InChI=1S/C18H21NO2.C2H6/c1-13-17(15-5-3-4-6-16(15)19(13)2)14-7-9-18(10-8-14)20-11-12-21-18;1-2/h3-7H,8-12H2,1-2H3;1-2H3. The largest absolute Gasteiger partial charge is 0.347 e. The first-order chi connectivity index (χ1) is 11.2. The van der Waals surface area contributed by atoms with Crippen molar-refractivity contribution < 1.29 is 9.47 Å². The highest BCUT2D eigenvalue weighted by molar-refractivity contribution is 5.95. The smallest absolute Gasteiger partial charge is 0.172 e. The molecular formula is C20H27NO2. The molecule has 1 spiro atoms. The summed E-state index contributed by atoms with van der Waals surface area (Å²) >= 11 is 0. The Balaban J connectivity index is 0.000000753. The third-order valence-corrected chi connectivity index (χ3v) is 4.97. The number of fused-ring (bicyclic) bond motifs is 1. The lowest BCUT2D eigenvalue weighted by atomic mass is 9.88. The van der Waals surface area contributed by atoms with Gasteiger partial charge in [-0.15, -0.1) is 0 Å². The minimum atomic E-state index is -0.331. The van der Waals surface area contributed by atoms with Gasteiger partial charge in [0.1, 0.15) is 0 Å². The van der Waals surface area contributed by atoms with E-state index in [4.69, 9.17) is 9.47 Å². The maximum Gasteiger partial charge on any atom is 0.172 e. The topological polar surface area (TPSA) is 23.4 Å². The molecule has 3 heteroatoms. The van der Waals surface area contributed by atoms with E-state index in [1.54, 1.807) is 0 Å². The number of allylic oxidation sites excluding steroid dienone is 1. The predicted molar refractivity (Wildman–Crippen MR) is 95.5 cm³/mol. The number of nitrogens with zero attached hydrogens (tertiary/aromatic N) is 1. The molecule has 3 nitrogen and oxygen atoms in total. The van der Waals surface area contributed by atoms with Crippen LogP contribution in [0, 0.1) is 6.92 Å². The van der Waals surface area contributed by atoms with Gasteiger partial charge in [0.2, 0.25) is 0 Å². The number of hydrogen-bond acceptors (Lipinski definition) is 2. The van der Waals surface area contributed by atoms with E-state index in [1.807, 2.05) is 13.8 Å². The molecule has 1 saturated heterocycles. The van der Waals surface area contributed by atoms with Gasteiger partial charge in [-0.25, -0.2) is 0 Å². The summed E-state index contributed by atoms with van der Waals surface area (Å²) in [5, 5.41) is 1.35. The number of aryl methyl sites for hydroxylation is 1. The zero-order chi connectivity index (χ0) is 16.4. The van der Waals surface area contributed by atoms with Crippen molar-refractivity contribution in [1.29, 1.82) is 0 Å². The van der Waals surface area contributed by atoms with Crippen molar-refractivity contribution in [1.82, 2.24) is 4.57 Å². The van der Waals surface area contributed by atoms with E-state index in [-0.39, 0.29) is 5.79 Å². The highest BCUT2D eigenvalue weighted by Gasteiger charge is 2.38. The number of rotatable bonds is 1. The summed E-state index contributed by atoms with van der Waals surface area (Å²) in [5.41, 5.74) is 5.49. The highest BCUT2D eigenvalue weighted by Crippen LogP contribution is 2.41. The van der Waals surface area contributed by atoms with Crippen molar-refractivity contribution in [2.75, 3.05) is 13.2 Å². The fourth-order valence-electron chi connectivity index (χ4n) is 3.72. The number of hydrogen-bond donors (Lipinski definition) is 0. The minimum absolute atomic E-state index is 0.331. The summed E-state index contributed by atoms with van der Waals surface area (Å²) < 4.78 is 13.9. The van der Waals surface area contributed by atoms with Crippen LogP contribution in [0.1, 0.15) is 44.4 Å². The summed E-state index contributed by atoms with van der Waals surface area (Å²) in [7, 11) is 2.15. The lowest BCUT2D eigenvalue weighted by Crippen LogP contribution is -2.31. The molecule has 0 radical (unpaired) electrons. The van der Waals surface area contributed by atoms with Gasteiger partial charge in [-0.05, 0) is 25.0 Å². The second kappa shape index (κ2) is 6.50. The Morgan fingerprint density at radius 1 is 1.09 bits per heavy atom. The molecule has 2 aromatic rings. The van der Waals surface area contributed by atoms with Gasteiger partial charge in [0, 0.05) is 42.0 Å². The number of aromatic nitrogens is 1. The van der Waals surface area contributed by atoms with Crippen LogP contribution in [0.15, 0.2) is 30.3 Å². The van der Waals surface area contributed by atoms with E-state index in [0.717, 1.165) is 32.5 Å². The van der Waals surface area contributed by atoms with Crippen molar-refractivity contribution in [2.24, 2.45) is 7.05 Å². The molecule has 1 aliphatic heterocycles. The van der Waals surface area contributed by atoms with Crippen molar-refractivity contribution >= 4 is 16.5 Å². The second-order valence-corrected chi connectivity index (χ2v) is 6.08. The van der Waals surface area contributed by atoms with Crippen LogP contribution in [0.3, 0.4) is 0 Å². The molecule has 124 valence electrons. The maximum absolute atomic E-state index is 5.82. The van der Waals surface area contributed by atoms with Crippen molar-refractivity contribution in [3.8, 4) is 0 Å². The zero-order valence-corrected chi connectivity index (χ0v) is 14.7. The normalized spacial score (nSPS) is 19.6. The summed E-state index contributed by atoms with van der Waals surface area (Å²) in [4.78, 5) is 0. The first-order valence-electron chi connectivity index (χ1n) is 8.71. The lowest BCUT2D eigenvalue weighted by Gasteiger charge is -2.30. The van der Waals surface area contributed by atoms with E-state index >= 15 is 0 Å². The van der Waals surface area contributed by atoms with Gasteiger partial charge in [0.15, 0.2) is 5.79 Å². The number of para-hydroxylation sites is 1. The van der Waals surface area contributed by atoms with Gasteiger partial charge in [0.25, 0.3) is 0 Å². The predicted octanol–water partition coefficient (Wildman–Crippen LogP) is 4.82. The molecule has 0 N–H and O–H groups in total. The molecule has 4 rings (SSSR count). The van der Waals surface area contributed by atoms with Crippen molar-refractivity contribution in [3.63, 3.8) is 0 Å². The third kappa shape index (κ3) is 2.73. The highest BCUT2D eigenvalue weighted by atomic mass is 16.7. The fourth-order valence-corrected chi connectivity index (χ4v) is 3.72. The fraction of sp³-hybridized carbons (Fsp3) is 0.500. The molecule has 2 heterocycles. The molecule has 1 aromatic heterocycles. The van der Waals surface area contributed by atoms with Crippen LogP contribution < -0.4 is 0 Å². The SMILES string of the molecule is CC.Cc1c(C2=CCC3(CC2)OCCO3)c2ccccc2n1C. The molecule has 1 aliphatic carbocycles. The molecule has 0 saturated carbocycles. The third-order valence-electron chi connectivity index (χ3n) is 4.97. The maximum atomic E-state index is 5.82. The van der Waals surface area contributed by atoms with Crippen LogP contribution in [0.25, 0.3) is 16.5 Å². The molecule has 1 fully saturated rings. The van der Waals surface area contributed by atoms with E-state index < -0.39 is 0 Å². The van der Waals surface area contributed by atoms with Crippen LogP contribution in [-0.2, 0) is 16.5 Å². The van der Waals surface area contributed by atoms with Gasteiger partial charge < -0.3 is 14.0 Å². The van der Waals surface area contributed by atoms with Gasteiger partial charge in [-0.1, -0.05) is 38.1 Å². The summed E-state index contributed by atoms with van der Waals surface area (Å²) in [6.07, 6.45) is 5.17. The molecule has 2 aliphatic rings. The molecule has 23 heavy (non-hydrogen) atoms. The Hall–Kier alpha value is -1.58. The van der Waals surface area contributed by atoms with E-state index in [2.05, 4.69) is 48.9 Å². The summed E-state index contributed by atoms with van der Waals surface area (Å²) in [6, 6.07) is 8.65. The van der Waals surface area contributed by atoms with Crippen LogP contribution in [-0.4, -0.2) is 23.6 Å². The molecule has 1 aromatic carbocycles. The van der Waals surface area contributed by atoms with E-state index in [9.17, 15) is 0 Å². The van der Waals surface area contributed by atoms with Crippen molar-refractivity contribution in [3.05, 3.63) is 41.6 Å². The molecular weight excluding hydrogens is 286 g/mol. The van der Waals surface area contributed by atoms with Crippen molar-refractivity contribution in [2.45, 2.75) is 45.8 Å². The quantitative estimate of drug-likeness (QED) is 0.753. The summed E-state index contributed by atoms with van der Waals surface area (Å²) in [5.74, 6) is -0.331. The van der Waals surface area contributed by atoms with Crippen LogP contribution in [0.2, 0.25) is 0 Å². The first-order valence-corrected chi connectivity index (χ1v) is 8.71. The summed E-state index contributed by atoms with van der Waals surface area (Å²) in [6.45, 7) is 7.68. The average Bonchev–Trinajstić information content (AvgIpc) is 3.16. The van der Waals surface area contributed by atoms with Gasteiger partial charge in [-0.2, -0.15) is 0 Å². The molecule has 0 bridgehead atoms. The van der Waals surface area contributed by atoms with E-state index in [0.29, 0.717) is 0 Å². The second-order valence-electron chi connectivity index (χ2n) is 6.08. The molecule has 0 amide bonds. The number of ether oxygens (including phenoxy) is 2. The van der Waals surface area contributed by atoms with E-state index in [1.165, 1.54) is 27.7 Å². The minimum Gasteiger partial charge on any atom is -0.347 e. The average molecular weight is 313 g/mol. The van der Waals surface area contributed by atoms with Gasteiger partial charge >= 0.3 is 0 Å².